The third-order valence-corrected chi connectivity index (χ3v) is 5.63. The highest BCUT2D eigenvalue weighted by molar-refractivity contribution is 6.05. The molecule has 0 radical (unpaired) electrons. The average Bonchev–Trinajstić information content (AvgIpc) is 3.47. The van der Waals surface area contributed by atoms with Crippen LogP contribution in [-0.2, 0) is 9.59 Å². The van der Waals surface area contributed by atoms with E-state index in [0.717, 1.165) is 24.9 Å². The summed E-state index contributed by atoms with van der Waals surface area (Å²) in [5.41, 5.74) is 1.32. The topological polar surface area (TPSA) is 81.8 Å². The molecule has 1 aromatic rings. The standard InChI is InChI=1S/C22H32N4O3/c1-14(2)25(15(3)4)12-11-23-19(27)13-24-21(28)20-17-7-5-6-8-18(17)22(29)26(20)16-9-10-16/h5-8,14-16,20H,9-13H2,1-4H3,(H,23,27)(H,24,28). The molecule has 1 unspecified atom stereocenters. The summed E-state index contributed by atoms with van der Waals surface area (Å²) < 4.78 is 0. The van der Waals surface area contributed by atoms with E-state index < -0.39 is 6.04 Å². The van der Waals surface area contributed by atoms with Gasteiger partial charge in [0, 0.05) is 36.8 Å². The van der Waals surface area contributed by atoms with Crippen molar-refractivity contribution in [2.45, 2.75) is 64.7 Å². The smallest absolute Gasteiger partial charge is 0.255 e. The highest BCUT2D eigenvalue weighted by Gasteiger charge is 2.47. The summed E-state index contributed by atoms with van der Waals surface area (Å²) in [6, 6.07) is 7.53. The van der Waals surface area contributed by atoms with Crippen LogP contribution in [0, 0.1) is 0 Å². The van der Waals surface area contributed by atoms with Gasteiger partial charge in [-0.2, -0.15) is 0 Å². The summed E-state index contributed by atoms with van der Waals surface area (Å²) in [6.07, 6.45) is 1.85. The number of rotatable bonds is 9. The van der Waals surface area contributed by atoms with E-state index in [9.17, 15) is 14.4 Å². The number of nitrogens with one attached hydrogen (secondary N) is 2. The van der Waals surface area contributed by atoms with Crippen LogP contribution in [0.3, 0.4) is 0 Å². The van der Waals surface area contributed by atoms with Crippen molar-refractivity contribution in [2.75, 3.05) is 19.6 Å². The third-order valence-electron chi connectivity index (χ3n) is 5.63. The van der Waals surface area contributed by atoms with Crippen LogP contribution in [0.25, 0.3) is 0 Å². The summed E-state index contributed by atoms with van der Waals surface area (Å²) in [5.74, 6) is -0.604. The minimum atomic E-state index is -0.642. The fourth-order valence-electron chi connectivity index (χ4n) is 4.10. The van der Waals surface area contributed by atoms with Crippen LogP contribution in [-0.4, -0.2) is 65.3 Å². The molecule has 1 heterocycles. The van der Waals surface area contributed by atoms with Crippen LogP contribution in [0.1, 0.15) is 62.5 Å². The fourth-order valence-corrected chi connectivity index (χ4v) is 4.10. The Hall–Kier alpha value is -2.41. The van der Waals surface area contributed by atoms with Gasteiger partial charge in [0.15, 0.2) is 0 Å². The first-order valence-corrected chi connectivity index (χ1v) is 10.5. The average molecular weight is 401 g/mol. The number of carbonyl (C=O) groups excluding carboxylic acids is 3. The van der Waals surface area contributed by atoms with Crippen molar-refractivity contribution in [2.24, 2.45) is 0 Å². The van der Waals surface area contributed by atoms with Gasteiger partial charge in [-0.1, -0.05) is 18.2 Å². The van der Waals surface area contributed by atoms with Gasteiger partial charge >= 0.3 is 0 Å². The van der Waals surface area contributed by atoms with Crippen LogP contribution >= 0.6 is 0 Å². The van der Waals surface area contributed by atoms with Crippen LogP contribution in [0.15, 0.2) is 24.3 Å². The predicted molar refractivity (Wildman–Crippen MR) is 111 cm³/mol. The fraction of sp³-hybridized carbons (Fsp3) is 0.591. The molecule has 1 aliphatic carbocycles. The molecular weight excluding hydrogens is 368 g/mol. The zero-order valence-corrected chi connectivity index (χ0v) is 17.8. The normalized spacial score (nSPS) is 18.5. The molecule has 3 amide bonds. The molecule has 3 rings (SSSR count). The van der Waals surface area contributed by atoms with Crippen LogP contribution < -0.4 is 10.6 Å². The van der Waals surface area contributed by atoms with E-state index in [1.165, 1.54) is 0 Å². The van der Waals surface area contributed by atoms with Gasteiger partial charge in [0.25, 0.3) is 5.91 Å². The van der Waals surface area contributed by atoms with Crippen LogP contribution in [0.5, 0.6) is 0 Å². The lowest BCUT2D eigenvalue weighted by Crippen LogP contribution is -2.46. The number of nitrogens with zero attached hydrogens (tertiary/aromatic N) is 2. The third kappa shape index (κ3) is 4.78. The Morgan fingerprint density at radius 2 is 1.76 bits per heavy atom. The molecule has 2 N–H and O–H groups in total. The Balaban J connectivity index is 1.53. The molecular formula is C22H32N4O3. The van der Waals surface area contributed by atoms with E-state index in [1.54, 1.807) is 11.0 Å². The number of fused-ring (bicyclic) bond motifs is 1. The molecule has 7 nitrogen and oxygen atoms in total. The van der Waals surface area contributed by atoms with Gasteiger partial charge in [-0.15, -0.1) is 0 Å². The van der Waals surface area contributed by atoms with Crippen molar-refractivity contribution in [1.29, 1.82) is 0 Å². The van der Waals surface area contributed by atoms with Gasteiger partial charge in [-0.3, -0.25) is 19.3 Å². The number of hydrogen-bond acceptors (Lipinski definition) is 4. The molecule has 158 valence electrons. The number of benzene rings is 1. The van der Waals surface area contributed by atoms with E-state index in [1.807, 2.05) is 18.2 Å². The van der Waals surface area contributed by atoms with E-state index in [-0.39, 0.29) is 30.3 Å². The summed E-state index contributed by atoms with van der Waals surface area (Å²) in [4.78, 5) is 41.8. The Labute approximate surface area is 172 Å². The quantitative estimate of drug-likeness (QED) is 0.661. The van der Waals surface area contributed by atoms with Gasteiger partial charge in [-0.25, -0.2) is 0 Å². The first-order chi connectivity index (χ1) is 13.8. The predicted octanol–water partition coefficient (Wildman–Crippen LogP) is 1.70. The molecule has 0 aromatic heterocycles. The number of amides is 3. The maximum Gasteiger partial charge on any atom is 0.255 e. The van der Waals surface area contributed by atoms with Crippen molar-refractivity contribution >= 4 is 17.7 Å². The Morgan fingerprint density at radius 1 is 1.10 bits per heavy atom. The first kappa shape index (κ1) is 21.3. The second kappa shape index (κ2) is 8.95. The van der Waals surface area contributed by atoms with Crippen molar-refractivity contribution < 1.29 is 14.4 Å². The van der Waals surface area contributed by atoms with Gasteiger partial charge < -0.3 is 15.5 Å². The summed E-state index contributed by atoms with van der Waals surface area (Å²) in [5, 5.41) is 5.59. The molecule has 0 spiro atoms. The molecule has 0 bridgehead atoms. The minimum Gasteiger partial charge on any atom is -0.353 e. The van der Waals surface area contributed by atoms with E-state index >= 15 is 0 Å². The largest absolute Gasteiger partial charge is 0.353 e. The second-order valence-electron chi connectivity index (χ2n) is 8.43. The summed E-state index contributed by atoms with van der Waals surface area (Å²) >= 11 is 0. The van der Waals surface area contributed by atoms with Gasteiger partial charge in [0.05, 0.1) is 6.54 Å². The Morgan fingerprint density at radius 3 is 2.38 bits per heavy atom. The summed E-state index contributed by atoms with van der Waals surface area (Å²) in [6.45, 7) is 9.73. The first-order valence-electron chi connectivity index (χ1n) is 10.5. The maximum absolute atomic E-state index is 12.9. The molecule has 0 saturated heterocycles. The highest BCUT2D eigenvalue weighted by atomic mass is 16.2. The maximum atomic E-state index is 12.9. The SMILES string of the molecule is CC(C)N(CCNC(=O)CNC(=O)C1c2ccccc2C(=O)N1C1CC1)C(C)C. The van der Waals surface area contributed by atoms with Crippen molar-refractivity contribution in [3.05, 3.63) is 35.4 Å². The van der Waals surface area contributed by atoms with Crippen molar-refractivity contribution in [3.8, 4) is 0 Å². The second-order valence-corrected chi connectivity index (χ2v) is 8.43. The van der Waals surface area contributed by atoms with Crippen molar-refractivity contribution in [3.63, 3.8) is 0 Å². The van der Waals surface area contributed by atoms with Gasteiger partial charge in [0.1, 0.15) is 6.04 Å². The van der Waals surface area contributed by atoms with E-state index in [2.05, 4.69) is 43.2 Å². The minimum absolute atomic E-state index is 0.0878. The lowest BCUT2D eigenvalue weighted by molar-refractivity contribution is -0.129. The highest BCUT2D eigenvalue weighted by Crippen LogP contribution is 2.41. The Bertz CT molecular complexity index is 765. The van der Waals surface area contributed by atoms with E-state index in [0.29, 0.717) is 24.2 Å². The molecule has 1 fully saturated rings. The van der Waals surface area contributed by atoms with Crippen LogP contribution in [0.2, 0.25) is 0 Å². The number of carbonyl (C=O) groups is 3. The lowest BCUT2D eigenvalue weighted by atomic mass is 10.0. The summed E-state index contributed by atoms with van der Waals surface area (Å²) in [7, 11) is 0. The zero-order valence-electron chi connectivity index (χ0n) is 17.8. The van der Waals surface area contributed by atoms with Crippen molar-refractivity contribution in [1.82, 2.24) is 20.4 Å². The lowest BCUT2D eigenvalue weighted by Gasteiger charge is -2.30. The zero-order chi connectivity index (χ0) is 21.1. The molecule has 2 aliphatic rings. The monoisotopic (exact) mass is 400 g/mol. The molecule has 1 aromatic carbocycles. The molecule has 29 heavy (non-hydrogen) atoms. The van der Waals surface area contributed by atoms with E-state index in [4.69, 9.17) is 0 Å². The molecule has 1 saturated carbocycles. The molecule has 7 heteroatoms. The van der Waals surface area contributed by atoms with Gasteiger partial charge in [0.2, 0.25) is 11.8 Å². The van der Waals surface area contributed by atoms with Gasteiger partial charge in [-0.05, 0) is 52.2 Å². The molecule has 1 aliphatic heterocycles. The Kier molecular flexibility index (Phi) is 6.57. The number of hydrogen-bond donors (Lipinski definition) is 2. The molecule has 1 atom stereocenters. The van der Waals surface area contributed by atoms with Crippen LogP contribution in [0.4, 0.5) is 0 Å².